The van der Waals surface area contributed by atoms with Crippen LogP contribution in [-0.2, 0) is 16.6 Å². The highest BCUT2D eigenvalue weighted by Crippen LogP contribution is 2.30. The van der Waals surface area contributed by atoms with Gasteiger partial charge in [0.05, 0.1) is 29.8 Å². The van der Waals surface area contributed by atoms with Crippen molar-refractivity contribution in [3.8, 4) is 0 Å². The number of aryl methyl sites for hydroxylation is 2. The Morgan fingerprint density at radius 3 is 1.95 bits per heavy atom. The van der Waals surface area contributed by atoms with Crippen LogP contribution in [0.4, 0.5) is 11.4 Å². The van der Waals surface area contributed by atoms with Crippen LogP contribution in [0, 0.1) is 13.8 Å². The fraction of sp³-hybridized carbons (Fsp3) is 0.139. The van der Waals surface area contributed by atoms with E-state index in [2.05, 4.69) is 5.32 Å². The molecule has 2 N–H and O–H groups in total. The quantitative estimate of drug-likeness (QED) is 0.188. The molecule has 0 bridgehead atoms. The molecule has 1 heterocycles. The molecule has 0 spiro atoms. The Balaban J connectivity index is 1.35. The number of amides is 1. The van der Waals surface area contributed by atoms with Crippen LogP contribution >= 0.6 is 0 Å². The van der Waals surface area contributed by atoms with E-state index in [0.717, 1.165) is 32.9 Å². The fourth-order valence-electron chi connectivity index (χ4n) is 5.48. The van der Waals surface area contributed by atoms with Crippen LogP contribution in [0.1, 0.15) is 21.5 Å². The molecule has 1 unspecified atom stereocenters. The number of aliphatic hydroxyl groups excluding tert-OH is 1. The molecule has 8 heteroatoms. The number of sulfonamides is 1. The van der Waals surface area contributed by atoms with Crippen LogP contribution in [-0.4, -0.2) is 36.6 Å². The lowest BCUT2D eigenvalue weighted by atomic mass is 10.1. The molecule has 44 heavy (non-hydrogen) atoms. The molecule has 7 nitrogen and oxygen atoms in total. The molecular formula is C36H33N3O4S. The molecule has 5 aromatic carbocycles. The van der Waals surface area contributed by atoms with Gasteiger partial charge in [-0.05, 0) is 68.4 Å². The Morgan fingerprint density at radius 2 is 1.34 bits per heavy atom. The standard InChI is InChI=1S/C36H33N3O4S/c1-25-14-18-28(19-15-25)37-36(41)27-8-7-9-29(22-27)39(44(42,43)31-20-16-26(2)17-21-31)24-30(40)23-38-34-12-5-3-10-32(34)33-11-4-6-13-35(33)38/h3-22,30,40H,23-24H2,1-2H3,(H,37,41). The van der Waals surface area contributed by atoms with E-state index in [-0.39, 0.29) is 29.6 Å². The summed E-state index contributed by atoms with van der Waals surface area (Å²) in [7, 11) is -4.10. The molecule has 222 valence electrons. The largest absolute Gasteiger partial charge is 0.389 e. The predicted molar refractivity (Wildman–Crippen MR) is 177 cm³/mol. The number of hydrogen-bond donors (Lipinski definition) is 2. The topological polar surface area (TPSA) is 91.6 Å². The molecule has 0 aliphatic heterocycles. The van der Waals surface area contributed by atoms with Crippen molar-refractivity contribution in [1.29, 1.82) is 0 Å². The average Bonchev–Trinajstić information content (AvgIpc) is 3.34. The van der Waals surface area contributed by atoms with Crippen molar-refractivity contribution in [2.75, 3.05) is 16.2 Å². The first-order chi connectivity index (χ1) is 21.2. The number of fused-ring (bicyclic) bond motifs is 3. The van der Waals surface area contributed by atoms with E-state index >= 15 is 0 Å². The Morgan fingerprint density at radius 1 is 0.773 bits per heavy atom. The van der Waals surface area contributed by atoms with Crippen LogP contribution in [0.25, 0.3) is 21.8 Å². The van der Waals surface area contributed by atoms with Crippen LogP contribution in [0.3, 0.4) is 0 Å². The zero-order valence-electron chi connectivity index (χ0n) is 24.5. The molecule has 0 aliphatic carbocycles. The third-order valence-electron chi connectivity index (χ3n) is 7.76. The summed E-state index contributed by atoms with van der Waals surface area (Å²) >= 11 is 0. The molecule has 1 aromatic heterocycles. The van der Waals surface area contributed by atoms with Gasteiger partial charge in [0.2, 0.25) is 0 Å². The lowest BCUT2D eigenvalue weighted by Gasteiger charge is -2.28. The number of carbonyl (C=O) groups excluding carboxylic acids is 1. The number of rotatable bonds is 9. The molecule has 0 aliphatic rings. The summed E-state index contributed by atoms with van der Waals surface area (Å²) in [6.45, 7) is 3.80. The van der Waals surface area contributed by atoms with E-state index in [0.29, 0.717) is 11.3 Å². The molecule has 6 rings (SSSR count). The number of aromatic nitrogens is 1. The zero-order valence-corrected chi connectivity index (χ0v) is 25.3. The minimum atomic E-state index is -4.10. The van der Waals surface area contributed by atoms with Crippen LogP contribution in [0.2, 0.25) is 0 Å². The smallest absolute Gasteiger partial charge is 0.264 e. The summed E-state index contributed by atoms with van der Waals surface area (Å²) in [5.41, 5.74) is 5.12. The number of carbonyl (C=O) groups is 1. The third kappa shape index (κ3) is 5.82. The van der Waals surface area contributed by atoms with Gasteiger partial charge in [-0.25, -0.2) is 8.42 Å². The molecule has 1 amide bonds. The van der Waals surface area contributed by atoms with E-state index in [1.54, 1.807) is 48.5 Å². The van der Waals surface area contributed by atoms with Crippen molar-refractivity contribution in [1.82, 2.24) is 4.57 Å². The highest BCUT2D eigenvalue weighted by molar-refractivity contribution is 7.92. The zero-order chi connectivity index (χ0) is 30.8. The second-order valence-electron chi connectivity index (χ2n) is 11.0. The Bertz CT molecular complexity index is 2010. The maximum Gasteiger partial charge on any atom is 0.264 e. The maximum atomic E-state index is 14.1. The minimum Gasteiger partial charge on any atom is -0.389 e. The SMILES string of the molecule is Cc1ccc(NC(=O)c2cccc(N(CC(O)Cn3c4ccccc4c4ccccc43)S(=O)(=O)c3ccc(C)cc3)c2)cc1. The third-order valence-corrected chi connectivity index (χ3v) is 9.57. The first-order valence-electron chi connectivity index (χ1n) is 14.4. The second-order valence-corrected chi connectivity index (χ2v) is 12.9. The van der Waals surface area contributed by atoms with Gasteiger partial charge < -0.3 is 15.0 Å². The summed E-state index contributed by atoms with van der Waals surface area (Å²) in [6, 6.07) is 36.5. The van der Waals surface area contributed by atoms with Crippen molar-refractivity contribution in [2.24, 2.45) is 0 Å². The lowest BCUT2D eigenvalue weighted by Crippen LogP contribution is -2.39. The van der Waals surface area contributed by atoms with E-state index in [9.17, 15) is 18.3 Å². The maximum absolute atomic E-state index is 14.1. The van der Waals surface area contributed by atoms with Crippen molar-refractivity contribution in [3.63, 3.8) is 0 Å². The highest BCUT2D eigenvalue weighted by Gasteiger charge is 2.28. The van der Waals surface area contributed by atoms with Gasteiger partial charge >= 0.3 is 0 Å². The second kappa shape index (κ2) is 12.0. The van der Waals surface area contributed by atoms with E-state index in [4.69, 9.17) is 0 Å². The van der Waals surface area contributed by atoms with Gasteiger partial charge in [0.25, 0.3) is 15.9 Å². The number of anilines is 2. The van der Waals surface area contributed by atoms with Crippen molar-refractivity contribution >= 4 is 49.1 Å². The summed E-state index contributed by atoms with van der Waals surface area (Å²) < 4.78 is 31.5. The van der Waals surface area contributed by atoms with E-state index in [1.165, 1.54) is 4.31 Å². The number of para-hydroxylation sites is 2. The number of benzene rings is 5. The molecule has 1 atom stereocenters. The number of hydrogen-bond acceptors (Lipinski definition) is 4. The van der Waals surface area contributed by atoms with Crippen LogP contribution in [0.5, 0.6) is 0 Å². The monoisotopic (exact) mass is 603 g/mol. The summed E-state index contributed by atoms with van der Waals surface area (Å²) in [6.07, 6.45) is -1.07. The summed E-state index contributed by atoms with van der Waals surface area (Å²) in [4.78, 5) is 13.3. The van der Waals surface area contributed by atoms with Crippen LogP contribution < -0.4 is 9.62 Å². The number of nitrogens with one attached hydrogen (secondary N) is 1. The van der Waals surface area contributed by atoms with Crippen molar-refractivity contribution < 1.29 is 18.3 Å². The van der Waals surface area contributed by atoms with Crippen molar-refractivity contribution in [2.45, 2.75) is 31.4 Å². The van der Waals surface area contributed by atoms with Gasteiger partial charge in [-0.3, -0.25) is 9.10 Å². The van der Waals surface area contributed by atoms with Gasteiger partial charge in [0.15, 0.2) is 0 Å². The first-order valence-corrected chi connectivity index (χ1v) is 15.9. The predicted octanol–water partition coefficient (Wildman–Crippen LogP) is 6.92. The molecule has 6 aromatic rings. The lowest BCUT2D eigenvalue weighted by molar-refractivity contribution is 0.102. The van der Waals surface area contributed by atoms with Gasteiger partial charge in [-0.15, -0.1) is 0 Å². The van der Waals surface area contributed by atoms with Gasteiger partial charge in [-0.2, -0.15) is 0 Å². The average molecular weight is 604 g/mol. The van der Waals surface area contributed by atoms with Gasteiger partial charge in [0, 0.05) is 33.1 Å². The Labute approximate surface area is 257 Å². The molecule has 0 saturated carbocycles. The number of nitrogens with zero attached hydrogens (tertiary/aromatic N) is 2. The van der Waals surface area contributed by atoms with E-state index in [1.807, 2.05) is 91.2 Å². The normalized spacial score (nSPS) is 12.3. The molecule has 0 saturated heterocycles. The highest BCUT2D eigenvalue weighted by atomic mass is 32.2. The van der Waals surface area contributed by atoms with E-state index < -0.39 is 16.1 Å². The van der Waals surface area contributed by atoms with Crippen molar-refractivity contribution in [3.05, 3.63) is 138 Å². The fourth-order valence-corrected chi connectivity index (χ4v) is 6.98. The van der Waals surface area contributed by atoms with Gasteiger partial charge in [-0.1, -0.05) is 77.9 Å². The number of aliphatic hydroxyl groups is 1. The molecule has 0 radical (unpaired) electrons. The van der Waals surface area contributed by atoms with Crippen LogP contribution in [0.15, 0.2) is 126 Å². The summed E-state index contributed by atoms with van der Waals surface area (Å²) in [5.74, 6) is -0.366. The Kier molecular flexibility index (Phi) is 7.95. The summed E-state index contributed by atoms with van der Waals surface area (Å²) in [5, 5.41) is 16.5. The minimum absolute atomic E-state index is 0.0988. The molecular weight excluding hydrogens is 570 g/mol. The molecule has 0 fully saturated rings. The van der Waals surface area contributed by atoms with Gasteiger partial charge in [0.1, 0.15) is 0 Å². The first kappa shape index (κ1) is 29.2. The Hall–Kier alpha value is -4.92.